The van der Waals surface area contributed by atoms with Crippen LogP contribution in [-0.2, 0) is 6.54 Å². The Bertz CT molecular complexity index is 535. The minimum atomic E-state index is 0.511. The molecule has 1 aromatic rings. The predicted molar refractivity (Wildman–Crippen MR) is 107 cm³/mol. The summed E-state index contributed by atoms with van der Waals surface area (Å²) in [7, 11) is 4.83. The van der Waals surface area contributed by atoms with Gasteiger partial charge in [-0.15, -0.1) is 0 Å². The van der Waals surface area contributed by atoms with Gasteiger partial charge in [0, 0.05) is 19.6 Å². The van der Waals surface area contributed by atoms with Crippen LogP contribution in [0.5, 0.6) is 17.2 Å². The van der Waals surface area contributed by atoms with Crippen molar-refractivity contribution >= 4 is 5.96 Å². The third-order valence-corrected chi connectivity index (χ3v) is 4.10. The van der Waals surface area contributed by atoms with E-state index in [4.69, 9.17) is 14.2 Å². The standard InChI is InChI=1S/C19H34N4O3/c1-7-20-19(21-10-11-23(8-2)9-3)22-14-15-12-16(24-4)18(26-6)17(13-15)25-5/h12-13H,7-11,14H2,1-6H3,(H2,20,21,22). The SMILES string of the molecule is CCNC(=NCc1cc(OC)c(OC)c(OC)c1)NCCN(CC)CC. The Morgan fingerprint density at radius 2 is 1.58 bits per heavy atom. The lowest BCUT2D eigenvalue weighted by Gasteiger charge is -2.19. The summed E-state index contributed by atoms with van der Waals surface area (Å²) in [6.07, 6.45) is 0. The molecule has 0 heterocycles. The van der Waals surface area contributed by atoms with E-state index in [9.17, 15) is 0 Å². The van der Waals surface area contributed by atoms with Crippen LogP contribution in [-0.4, -0.2) is 64.9 Å². The van der Waals surface area contributed by atoms with Crippen LogP contribution in [0.3, 0.4) is 0 Å². The van der Waals surface area contributed by atoms with Crippen LogP contribution < -0.4 is 24.8 Å². The van der Waals surface area contributed by atoms with Gasteiger partial charge in [0.25, 0.3) is 0 Å². The number of aliphatic imine (C=N–C) groups is 1. The van der Waals surface area contributed by atoms with Crippen LogP contribution >= 0.6 is 0 Å². The van der Waals surface area contributed by atoms with Gasteiger partial charge in [0.05, 0.1) is 27.9 Å². The fraction of sp³-hybridized carbons (Fsp3) is 0.632. The van der Waals surface area contributed by atoms with Gasteiger partial charge in [0.1, 0.15) is 0 Å². The lowest BCUT2D eigenvalue weighted by atomic mass is 10.2. The highest BCUT2D eigenvalue weighted by molar-refractivity contribution is 5.79. The maximum Gasteiger partial charge on any atom is 0.203 e. The average molecular weight is 367 g/mol. The van der Waals surface area contributed by atoms with Gasteiger partial charge >= 0.3 is 0 Å². The van der Waals surface area contributed by atoms with E-state index in [1.165, 1.54) is 0 Å². The number of hydrogen-bond acceptors (Lipinski definition) is 5. The smallest absolute Gasteiger partial charge is 0.203 e. The Morgan fingerprint density at radius 3 is 2.04 bits per heavy atom. The largest absolute Gasteiger partial charge is 0.493 e. The van der Waals surface area contributed by atoms with E-state index in [2.05, 4.69) is 41.3 Å². The Balaban J connectivity index is 2.82. The van der Waals surface area contributed by atoms with Crippen molar-refractivity contribution in [2.45, 2.75) is 27.3 Å². The number of hydrogen-bond donors (Lipinski definition) is 2. The number of rotatable bonds is 11. The lowest BCUT2D eigenvalue weighted by Crippen LogP contribution is -2.41. The van der Waals surface area contributed by atoms with Crippen LogP contribution in [0, 0.1) is 0 Å². The van der Waals surface area contributed by atoms with E-state index in [1.54, 1.807) is 21.3 Å². The van der Waals surface area contributed by atoms with E-state index in [0.29, 0.717) is 23.8 Å². The van der Waals surface area contributed by atoms with Gasteiger partial charge in [-0.25, -0.2) is 4.99 Å². The van der Waals surface area contributed by atoms with E-state index >= 15 is 0 Å². The summed E-state index contributed by atoms with van der Waals surface area (Å²) < 4.78 is 16.2. The molecule has 0 amide bonds. The second-order valence-corrected chi connectivity index (χ2v) is 5.68. The summed E-state index contributed by atoms with van der Waals surface area (Å²) in [5, 5.41) is 6.66. The zero-order chi connectivity index (χ0) is 19.4. The number of nitrogens with one attached hydrogen (secondary N) is 2. The summed E-state index contributed by atoms with van der Waals surface area (Å²) in [6.45, 7) is 11.7. The minimum absolute atomic E-state index is 0.511. The molecule has 0 radical (unpaired) electrons. The molecule has 26 heavy (non-hydrogen) atoms. The number of benzene rings is 1. The first-order valence-corrected chi connectivity index (χ1v) is 9.16. The highest BCUT2D eigenvalue weighted by Crippen LogP contribution is 2.38. The third-order valence-electron chi connectivity index (χ3n) is 4.10. The van der Waals surface area contributed by atoms with Crippen molar-refractivity contribution in [1.29, 1.82) is 0 Å². The normalized spacial score (nSPS) is 11.4. The van der Waals surface area contributed by atoms with Gasteiger partial charge in [-0.1, -0.05) is 13.8 Å². The zero-order valence-corrected chi connectivity index (χ0v) is 17.0. The summed E-state index contributed by atoms with van der Waals surface area (Å²) in [4.78, 5) is 7.03. The van der Waals surface area contributed by atoms with Crippen LogP contribution in [0.4, 0.5) is 0 Å². The van der Waals surface area contributed by atoms with Crippen LogP contribution in [0.1, 0.15) is 26.3 Å². The van der Waals surface area contributed by atoms with Gasteiger partial charge in [0.15, 0.2) is 17.5 Å². The van der Waals surface area contributed by atoms with Crippen molar-refractivity contribution in [2.75, 3.05) is 54.1 Å². The summed E-state index contributed by atoms with van der Waals surface area (Å²) in [6, 6.07) is 3.84. The second-order valence-electron chi connectivity index (χ2n) is 5.68. The van der Waals surface area contributed by atoms with E-state index in [1.807, 2.05) is 12.1 Å². The van der Waals surface area contributed by atoms with Crippen molar-refractivity contribution in [3.8, 4) is 17.2 Å². The van der Waals surface area contributed by atoms with Crippen LogP contribution in [0.15, 0.2) is 17.1 Å². The maximum atomic E-state index is 5.40. The van der Waals surface area contributed by atoms with Crippen molar-refractivity contribution < 1.29 is 14.2 Å². The molecule has 0 aliphatic rings. The van der Waals surface area contributed by atoms with Crippen LogP contribution in [0.2, 0.25) is 0 Å². The Morgan fingerprint density at radius 1 is 0.962 bits per heavy atom. The minimum Gasteiger partial charge on any atom is -0.493 e. The van der Waals surface area contributed by atoms with Gasteiger partial charge in [-0.3, -0.25) is 0 Å². The number of ether oxygens (including phenoxy) is 3. The Kier molecular flexibility index (Phi) is 10.3. The van der Waals surface area contributed by atoms with Crippen molar-refractivity contribution in [3.05, 3.63) is 17.7 Å². The fourth-order valence-electron chi connectivity index (χ4n) is 2.61. The van der Waals surface area contributed by atoms with E-state index < -0.39 is 0 Å². The molecule has 0 atom stereocenters. The molecule has 7 nitrogen and oxygen atoms in total. The van der Waals surface area contributed by atoms with Crippen LogP contribution in [0.25, 0.3) is 0 Å². The first-order valence-electron chi connectivity index (χ1n) is 9.16. The van der Waals surface area contributed by atoms with Gasteiger partial charge in [-0.2, -0.15) is 0 Å². The fourth-order valence-corrected chi connectivity index (χ4v) is 2.61. The highest BCUT2D eigenvalue weighted by Gasteiger charge is 2.13. The molecule has 1 rings (SSSR count). The Labute approximate surface area is 157 Å². The van der Waals surface area contributed by atoms with E-state index in [0.717, 1.165) is 44.2 Å². The quantitative estimate of drug-likeness (QED) is 0.462. The molecule has 2 N–H and O–H groups in total. The summed E-state index contributed by atoms with van der Waals surface area (Å²) in [5.41, 5.74) is 0.987. The molecular formula is C19H34N4O3. The third kappa shape index (κ3) is 6.63. The van der Waals surface area contributed by atoms with Crippen molar-refractivity contribution in [2.24, 2.45) is 4.99 Å². The zero-order valence-electron chi connectivity index (χ0n) is 17.0. The molecule has 0 bridgehead atoms. The summed E-state index contributed by atoms with van der Waals surface area (Å²) >= 11 is 0. The molecule has 0 aromatic heterocycles. The van der Waals surface area contributed by atoms with Crippen molar-refractivity contribution in [3.63, 3.8) is 0 Å². The lowest BCUT2D eigenvalue weighted by molar-refractivity contribution is 0.308. The molecule has 0 fully saturated rings. The first-order chi connectivity index (χ1) is 12.6. The number of likely N-dealkylation sites (N-methyl/N-ethyl adjacent to an activating group) is 1. The number of nitrogens with zero attached hydrogens (tertiary/aromatic N) is 2. The predicted octanol–water partition coefficient (Wildman–Crippen LogP) is 2.11. The van der Waals surface area contributed by atoms with Gasteiger partial charge in [-0.05, 0) is 37.7 Å². The topological polar surface area (TPSA) is 67.4 Å². The molecule has 0 aliphatic carbocycles. The molecule has 0 spiro atoms. The molecule has 0 aliphatic heterocycles. The summed E-state index contributed by atoms with van der Waals surface area (Å²) in [5.74, 6) is 2.66. The van der Waals surface area contributed by atoms with E-state index in [-0.39, 0.29) is 0 Å². The first kappa shape index (κ1) is 21.9. The molecule has 1 aromatic carbocycles. The average Bonchev–Trinajstić information content (AvgIpc) is 2.68. The Hall–Kier alpha value is -2.15. The van der Waals surface area contributed by atoms with Gasteiger partial charge < -0.3 is 29.7 Å². The second kappa shape index (κ2) is 12.2. The molecule has 0 saturated heterocycles. The maximum absolute atomic E-state index is 5.40. The molecular weight excluding hydrogens is 332 g/mol. The molecule has 7 heteroatoms. The molecule has 0 unspecified atom stereocenters. The van der Waals surface area contributed by atoms with Gasteiger partial charge in [0.2, 0.25) is 5.75 Å². The monoisotopic (exact) mass is 366 g/mol. The molecule has 0 saturated carbocycles. The number of methoxy groups -OCH3 is 3. The molecule has 148 valence electrons. The highest BCUT2D eigenvalue weighted by atomic mass is 16.5. The van der Waals surface area contributed by atoms with Crippen molar-refractivity contribution in [1.82, 2.24) is 15.5 Å². The number of guanidine groups is 1.